The van der Waals surface area contributed by atoms with E-state index in [1.165, 1.54) is 0 Å². The van der Waals surface area contributed by atoms with E-state index >= 15 is 0 Å². The summed E-state index contributed by atoms with van der Waals surface area (Å²) in [5, 5.41) is 0.659. The first-order valence-electron chi connectivity index (χ1n) is 5.82. The average molecular weight is 288 g/mol. The molecule has 0 saturated heterocycles. The van der Waals surface area contributed by atoms with E-state index in [0.717, 1.165) is 11.5 Å². The number of nitrogens with two attached hydrogens (primary N) is 2. The first kappa shape index (κ1) is 15.7. The third kappa shape index (κ3) is 3.79. The molecule has 0 aromatic carbocycles. The Morgan fingerprint density at radius 1 is 1.47 bits per heavy atom. The zero-order chi connectivity index (χ0) is 14.4. The molecule has 4 N–H and O–H groups in total. The highest BCUT2D eigenvalue weighted by atomic mass is 32.1. The summed E-state index contributed by atoms with van der Waals surface area (Å²) in [7, 11) is 3.25. The molecule has 1 aromatic rings. The van der Waals surface area contributed by atoms with Crippen molar-refractivity contribution in [2.24, 2.45) is 5.73 Å². The summed E-state index contributed by atoms with van der Waals surface area (Å²) in [6.07, 6.45) is 0. The summed E-state index contributed by atoms with van der Waals surface area (Å²) >= 11 is 1.16. The minimum absolute atomic E-state index is 0.0538. The predicted molar refractivity (Wildman–Crippen MR) is 75.6 cm³/mol. The Balaban J connectivity index is 3.06. The van der Waals surface area contributed by atoms with Gasteiger partial charge in [-0.25, -0.2) is 0 Å². The first-order valence-corrected chi connectivity index (χ1v) is 6.59. The topological polar surface area (TPSA) is 104 Å². The number of primary amides is 1. The predicted octanol–water partition coefficient (Wildman–Crippen LogP) is 0.312. The first-order chi connectivity index (χ1) is 9.02. The summed E-state index contributed by atoms with van der Waals surface area (Å²) in [6, 6.07) is 0.0538. The minimum Gasteiger partial charge on any atom is -0.383 e. The van der Waals surface area contributed by atoms with E-state index in [2.05, 4.69) is 4.37 Å². The number of aromatic nitrogens is 1. The zero-order valence-electron chi connectivity index (χ0n) is 11.4. The lowest BCUT2D eigenvalue weighted by Gasteiger charge is -2.29. The van der Waals surface area contributed by atoms with Gasteiger partial charge in [-0.2, -0.15) is 4.37 Å². The number of hydrogen-bond acceptors (Lipinski definition) is 7. The molecule has 1 heterocycles. The molecule has 0 saturated carbocycles. The van der Waals surface area contributed by atoms with Crippen LogP contribution < -0.4 is 16.4 Å². The van der Waals surface area contributed by atoms with Crippen molar-refractivity contribution in [3.05, 3.63) is 5.56 Å². The maximum Gasteiger partial charge on any atom is 0.255 e. The van der Waals surface area contributed by atoms with Gasteiger partial charge < -0.3 is 25.8 Å². The van der Waals surface area contributed by atoms with Crippen LogP contribution in [0.3, 0.4) is 0 Å². The smallest absolute Gasteiger partial charge is 0.255 e. The molecule has 0 spiro atoms. The fourth-order valence-corrected chi connectivity index (χ4v) is 2.71. The van der Waals surface area contributed by atoms with E-state index in [-0.39, 0.29) is 17.4 Å². The van der Waals surface area contributed by atoms with Crippen LogP contribution in [0.2, 0.25) is 0 Å². The lowest BCUT2D eigenvalue weighted by Crippen LogP contribution is -2.39. The van der Waals surface area contributed by atoms with Gasteiger partial charge >= 0.3 is 0 Å². The highest BCUT2D eigenvalue weighted by Gasteiger charge is 2.24. The normalized spacial score (nSPS) is 12.4. The van der Waals surface area contributed by atoms with Crippen molar-refractivity contribution in [3.63, 3.8) is 0 Å². The number of carbonyl (C=O) groups is 1. The lowest BCUT2D eigenvalue weighted by atomic mass is 10.2. The quantitative estimate of drug-likeness (QED) is 0.713. The van der Waals surface area contributed by atoms with Gasteiger partial charge in [0.25, 0.3) is 5.91 Å². The van der Waals surface area contributed by atoms with Crippen LogP contribution in [-0.4, -0.2) is 50.3 Å². The number of ether oxygens (including phenoxy) is 2. The van der Waals surface area contributed by atoms with Gasteiger partial charge in [0.2, 0.25) is 0 Å². The number of amides is 1. The fraction of sp³-hybridized carbons (Fsp3) is 0.636. The number of carbonyl (C=O) groups excluding carboxylic acids is 1. The van der Waals surface area contributed by atoms with Crippen LogP contribution in [0.4, 0.5) is 10.8 Å². The lowest BCUT2D eigenvalue weighted by molar-refractivity contribution is 0.100. The molecule has 1 amide bonds. The number of nitrogen functional groups attached to an aromatic ring is 1. The van der Waals surface area contributed by atoms with Gasteiger partial charge in [-0.15, -0.1) is 0 Å². The van der Waals surface area contributed by atoms with E-state index in [1.54, 1.807) is 14.2 Å². The van der Waals surface area contributed by atoms with Crippen LogP contribution in [-0.2, 0) is 9.47 Å². The van der Waals surface area contributed by atoms with Crippen LogP contribution in [0.15, 0.2) is 0 Å². The monoisotopic (exact) mass is 288 g/mol. The molecule has 7 nitrogen and oxygen atoms in total. The second-order valence-electron chi connectivity index (χ2n) is 4.10. The van der Waals surface area contributed by atoms with Gasteiger partial charge in [0.05, 0.1) is 19.3 Å². The van der Waals surface area contributed by atoms with Gasteiger partial charge in [-0.1, -0.05) is 0 Å². The van der Waals surface area contributed by atoms with Crippen molar-refractivity contribution in [1.82, 2.24) is 4.37 Å². The van der Waals surface area contributed by atoms with Crippen molar-refractivity contribution in [1.29, 1.82) is 0 Å². The van der Waals surface area contributed by atoms with Crippen LogP contribution in [0.1, 0.15) is 17.3 Å². The Morgan fingerprint density at radius 2 is 2.16 bits per heavy atom. The maximum atomic E-state index is 11.5. The van der Waals surface area contributed by atoms with Crippen LogP contribution >= 0.6 is 11.5 Å². The number of nitrogens with zero attached hydrogens (tertiary/aromatic N) is 2. The van der Waals surface area contributed by atoms with Crippen LogP contribution in [0, 0.1) is 0 Å². The summed E-state index contributed by atoms with van der Waals surface area (Å²) in [5.74, 6) is -0.409. The molecule has 0 bridgehead atoms. The second kappa shape index (κ2) is 7.27. The molecule has 1 unspecified atom stereocenters. The number of hydrogen-bond donors (Lipinski definition) is 2. The molecule has 0 aliphatic rings. The van der Waals surface area contributed by atoms with Gasteiger partial charge in [0, 0.05) is 20.8 Å². The van der Waals surface area contributed by atoms with Crippen LogP contribution in [0.5, 0.6) is 0 Å². The van der Waals surface area contributed by atoms with E-state index in [9.17, 15) is 4.79 Å². The number of rotatable bonds is 8. The van der Waals surface area contributed by atoms with E-state index in [1.807, 2.05) is 11.8 Å². The van der Waals surface area contributed by atoms with Gasteiger partial charge in [0.15, 0.2) is 5.82 Å². The molecule has 0 fully saturated rings. The third-order valence-corrected chi connectivity index (χ3v) is 3.58. The molecule has 0 aliphatic heterocycles. The molecule has 1 rings (SSSR count). The van der Waals surface area contributed by atoms with Crippen molar-refractivity contribution in [2.75, 3.05) is 44.6 Å². The number of anilines is 2. The van der Waals surface area contributed by atoms with E-state index in [0.29, 0.717) is 24.8 Å². The Labute approximate surface area is 116 Å². The fourth-order valence-electron chi connectivity index (χ4n) is 1.76. The SMILES string of the molecule is COCCN(c1snc(N)c1C(N)=O)C(C)COC. The summed E-state index contributed by atoms with van der Waals surface area (Å²) in [6.45, 7) is 3.62. The molecule has 19 heavy (non-hydrogen) atoms. The molecular formula is C11H20N4O3S. The summed E-state index contributed by atoms with van der Waals surface area (Å²) in [5.41, 5.74) is 11.3. The van der Waals surface area contributed by atoms with Crippen LogP contribution in [0.25, 0.3) is 0 Å². The van der Waals surface area contributed by atoms with Gasteiger partial charge in [0.1, 0.15) is 10.6 Å². The largest absolute Gasteiger partial charge is 0.383 e. The maximum absolute atomic E-state index is 11.5. The summed E-state index contributed by atoms with van der Waals surface area (Å²) < 4.78 is 14.2. The zero-order valence-corrected chi connectivity index (χ0v) is 12.2. The average Bonchev–Trinajstić information content (AvgIpc) is 2.72. The highest BCUT2D eigenvalue weighted by molar-refractivity contribution is 7.11. The Hall–Kier alpha value is -1.38. The van der Waals surface area contributed by atoms with Gasteiger partial charge in [-0.3, -0.25) is 4.79 Å². The van der Waals surface area contributed by atoms with Crippen molar-refractivity contribution >= 4 is 28.3 Å². The van der Waals surface area contributed by atoms with Crippen molar-refractivity contribution in [2.45, 2.75) is 13.0 Å². The molecule has 8 heteroatoms. The highest BCUT2D eigenvalue weighted by Crippen LogP contribution is 2.31. The standard InChI is InChI=1S/C11H20N4O3S/c1-7(6-18-3)15(4-5-17-2)11-8(10(13)16)9(12)14-19-11/h7H,4-6H2,1-3H3,(H2,12,14)(H2,13,16). The Kier molecular flexibility index (Phi) is 6.00. The molecule has 0 aliphatic carbocycles. The minimum atomic E-state index is -0.576. The molecule has 108 valence electrons. The third-order valence-electron chi connectivity index (χ3n) is 2.68. The number of methoxy groups -OCH3 is 2. The van der Waals surface area contributed by atoms with E-state index < -0.39 is 5.91 Å². The Morgan fingerprint density at radius 3 is 2.68 bits per heavy atom. The molecule has 1 atom stereocenters. The second-order valence-corrected chi connectivity index (χ2v) is 4.85. The molecule has 1 aromatic heterocycles. The van der Waals surface area contributed by atoms with E-state index in [4.69, 9.17) is 20.9 Å². The van der Waals surface area contributed by atoms with Crippen molar-refractivity contribution in [3.8, 4) is 0 Å². The molecular weight excluding hydrogens is 268 g/mol. The van der Waals surface area contributed by atoms with Crippen molar-refractivity contribution < 1.29 is 14.3 Å². The Bertz CT molecular complexity index is 424. The molecule has 0 radical (unpaired) electrons. The summed E-state index contributed by atoms with van der Waals surface area (Å²) in [4.78, 5) is 13.5. The van der Waals surface area contributed by atoms with Gasteiger partial charge in [-0.05, 0) is 18.5 Å².